The number of nitrogens with one attached hydrogen (secondary N) is 2. The van der Waals surface area contributed by atoms with E-state index in [0.29, 0.717) is 57.3 Å². The second-order valence-electron chi connectivity index (χ2n) is 8.30. The monoisotopic (exact) mass is 515 g/mol. The fraction of sp³-hybridized carbons (Fsp3) is 0.207. The molecule has 0 bridgehead atoms. The van der Waals surface area contributed by atoms with Gasteiger partial charge in [0, 0.05) is 17.5 Å². The van der Waals surface area contributed by atoms with Crippen LogP contribution in [-0.4, -0.2) is 51.8 Å². The Morgan fingerprint density at radius 1 is 0.789 bits per heavy atom. The summed E-state index contributed by atoms with van der Waals surface area (Å²) in [4.78, 5) is 30.4. The summed E-state index contributed by atoms with van der Waals surface area (Å²) in [7, 11) is 6.19. The molecule has 9 nitrogen and oxygen atoms in total. The van der Waals surface area contributed by atoms with Gasteiger partial charge in [0.15, 0.2) is 11.5 Å². The van der Waals surface area contributed by atoms with Crippen molar-refractivity contribution in [1.82, 2.24) is 15.6 Å². The standard InChI is InChI=1S/C29H29N3O6/c1-35-20-9-7-8-18(12-20)16-30-27(33)17-31-29(34)22-15-24(32-23-11-6-5-10-21(22)23)19-13-25(36-2)28(38-4)26(14-19)37-3/h5-15H,16-17H2,1-4H3,(H,30,33)(H,31,34). The van der Waals surface area contributed by atoms with E-state index >= 15 is 0 Å². The summed E-state index contributed by atoms with van der Waals surface area (Å²) >= 11 is 0. The van der Waals surface area contributed by atoms with E-state index in [2.05, 4.69) is 10.6 Å². The van der Waals surface area contributed by atoms with E-state index in [0.717, 1.165) is 5.56 Å². The topological polar surface area (TPSA) is 108 Å². The van der Waals surface area contributed by atoms with Gasteiger partial charge in [-0.3, -0.25) is 9.59 Å². The highest BCUT2D eigenvalue weighted by molar-refractivity contribution is 6.08. The molecule has 0 spiro atoms. The summed E-state index contributed by atoms with van der Waals surface area (Å²) in [6.45, 7) is 0.133. The molecule has 0 saturated heterocycles. The first-order valence-corrected chi connectivity index (χ1v) is 11.8. The first-order chi connectivity index (χ1) is 18.5. The molecule has 4 aromatic rings. The van der Waals surface area contributed by atoms with Crippen molar-refractivity contribution in [2.75, 3.05) is 35.0 Å². The number of nitrogens with zero attached hydrogens (tertiary/aromatic N) is 1. The molecule has 0 aliphatic rings. The minimum Gasteiger partial charge on any atom is -0.497 e. The van der Waals surface area contributed by atoms with Crippen LogP contribution in [0.5, 0.6) is 23.0 Å². The Kier molecular flexibility index (Phi) is 8.27. The van der Waals surface area contributed by atoms with Crippen molar-refractivity contribution < 1.29 is 28.5 Å². The second kappa shape index (κ2) is 12.0. The fourth-order valence-corrected chi connectivity index (χ4v) is 4.04. The number of ether oxygens (including phenoxy) is 4. The van der Waals surface area contributed by atoms with E-state index in [1.807, 2.05) is 48.5 Å². The molecule has 2 N–H and O–H groups in total. The third kappa shape index (κ3) is 5.78. The highest BCUT2D eigenvalue weighted by atomic mass is 16.5. The van der Waals surface area contributed by atoms with Gasteiger partial charge in [-0.2, -0.15) is 0 Å². The lowest BCUT2D eigenvalue weighted by Gasteiger charge is -2.15. The molecule has 0 saturated carbocycles. The number of para-hydroxylation sites is 1. The molecular formula is C29H29N3O6. The van der Waals surface area contributed by atoms with Crippen molar-refractivity contribution in [3.05, 3.63) is 77.9 Å². The largest absolute Gasteiger partial charge is 0.497 e. The van der Waals surface area contributed by atoms with Crippen LogP contribution in [0.1, 0.15) is 15.9 Å². The highest BCUT2D eigenvalue weighted by Crippen LogP contribution is 2.41. The Morgan fingerprint density at radius 2 is 1.53 bits per heavy atom. The van der Waals surface area contributed by atoms with Crippen LogP contribution < -0.4 is 29.6 Å². The van der Waals surface area contributed by atoms with Gasteiger partial charge in [-0.15, -0.1) is 0 Å². The first-order valence-electron chi connectivity index (χ1n) is 11.8. The summed E-state index contributed by atoms with van der Waals surface area (Å²) in [6, 6.07) is 20.0. The maximum absolute atomic E-state index is 13.2. The zero-order valence-electron chi connectivity index (χ0n) is 21.7. The number of pyridine rings is 1. The minimum absolute atomic E-state index is 0.182. The number of hydrogen-bond donors (Lipinski definition) is 2. The highest BCUT2D eigenvalue weighted by Gasteiger charge is 2.18. The van der Waals surface area contributed by atoms with Crippen LogP contribution in [0.2, 0.25) is 0 Å². The second-order valence-corrected chi connectivity index (χ2v) is 8.30. The van der Waals surface area contributed by atoms with Gasteiger partial charge in [-0.1, -0.05) is 30.3 Å². The van der Waals surface area contributed by atoms with Gasteiger partial charge in [-0.25, -0.2) is 4.98 Å². The molecule has 196 valence electrons. The van der Waals surface area contributed by atoms with Gasteiger partial charge in [0.05, 0.1) is 51.8 Å². The van der Waals surface area contributed by atoms with E-state index in [4.69, 9.17) is 23.9 Å². The van der Waals surface area contributed by atoms with Gasteiger partial charge < -0.3 is 29.6 Å². The van der Waals surface area contributed by atoms with Gasteiger partial charge in [-0.05, 0) is 42.0 Å². The maximum Gasteiger partial charge on any atom is 0.252 e. The Balaban J connectivity index is 1.57. The minimum atomic E-state index is -0.395. The average Bonchev–Trinajstić information content (AvgIpc) is 2.97. The van der Waals surface area contributed by atoms with Crippen molar-refractivity contribution >= 4 is 22.7 Å². The Hall–Kier alpha value is -4.79. The third-order valence-electron chi connectivity index (χ3n) is 5.95. The zero-order valence-corrected chi connectivity index (χ0v) is 21.7. The van der Waals surface area contributed by atoms with Crippen molar-refractivity contribution in [3.63, 3.8) is 0 Å². The molecule has 4 rings (SSSR count). The third-order valence-corrected chi connectivity index (χ3v) is 5.95. The van der Waals surface area contributed by atoms with Crippen LogP contribution in [0.25, 0.3) is 22.2 Å². The molecule has 38 heavy (non-hydrogen) atoms. The van der Waals surface area contributed by atoms with Crippen LogP contribution in [-0.2, 0) is 11.3 Å². The Labute approximate surface area is 220 Å². The molecule has 1 heterocycles. The molecule has 2 amide bonds. The van der Waals surface area contributed by atoms with Crippen LogP contribution in [0.15, 0.2) is 66.7 Å². The summed E-state index contributed by atoms with van der Waals surface area (Å²) in [5, 5.41) is 6.19. The lowest BCUT2D eigenvalue weighted by molar-refractivity contribution is -0.120. The van der Waals surface area contributed by atoms with Crippen LogP contribution in [0.3, 0.4) is 0 Å². The number of rotatable bonds is 10. The maximum atomic E-state index is 13.2. The van der Waals surface area contributed by atoms with E-state index in [1.54, 1.807) is 25.3 Å². The molecule has 0 atom stereocenters. The van der Waals surface area contributed by atoms with Crippen molar-refractivity contribution in [3.8, 4) is 34.3 Å². The molecule has 1 aromatic heterocycles. The number of fused-ring (bicyclic) bond motifs is 1. The molecular weight excluding hydrogens is 486 g/mol. The molecule has 0 aliphatic carbocycles. The van der Waals surface area contributed by atoms with E-state index in [1.165, 1.54) is 21.3 Å². The zero-order chi connectivity index (χ0) is 27.1. The Morgan fingerprint density at radius 3 is 2.21 bits per heavy atom. The van der Waals surface area contributed by atoms with Gasteiger partial charge in [0.1, 0.15) is 5.75 Å². The van der Waals surface area contributed by atoms with E-state index in [-0.39, 0.29) is 12.5 Å². The van der Waals surface area contributed by atoms with Crippen LogP contribution >= 0.6 is 0 Å². The molecule has 3 aromatic carbocycles. The summed E-state index contributed by atoms with van der Waals surface area (Å²) in [5.41, 5.74) is 3.12. The summed E-state index contributed by atoms with van der Waals surface area (Å²) < 4.78 is 21.6. The molecule has 0 fully saturated rings. The predicted molar refractivity (Wildman–Crippen MR) is 144 cm³/mol. The number of benzene rings is 3. The van der Waals surface area contributed by atoms with Crippen molar-refractivity contribution in [2.45, 2.75) is 6.54 Å². The van der Waals surface area contributed by atoms with Crippen LogP contribution in [0.4, 0.5) is 0 Å². The SMILES string of the molecule is COc1cccc(CNC(=O)CNC(=O)c2cc(-c3cc(OC)c(OC)c(OC)c3)nc3ccccc23)c1. The molecule has 9 heteroatoms. The number of methoxy groups -OCH3 is 4. The molecule has 0 aliphatic heterocycles. The Bertz CT molecular complexity index is 1450. The van der Waals surface area contributed by atoms with Gasteiger partial charge in [0.25, 0.3) is 5.91 Å². The lowest BCUT2D eigenvalue weighted by Crippen LogP contribution is -2.36. The normalized spacial score (nSPS) is 10.5. The number of hydrogen-bond acceptors (Lipinski definition) is 7. The van der Waals surface area contributed by atoms with E-state index in [9.17, 15) is 9.59 Å². The number of carbonyl (C=O) groups excluding carboxylic acids is 2. The first kappa shape index (κ1) is 26.3. The fourth-order valence-electron chi connectivity index (χ4n) is 4.04. The smallest absolute Gasteiger partial charge is 0.252 e. The predicted octanol–water partition coefficient (Wildman–Crippen LogP) is 3.98. The van der Waals surface area contributed by atoms with E-state index < -0.39 is 5.91 Å². The molecule has 0 unspecified atom stereocenters. The average molecular weight is 516 g/mol. The lowest BCUT2D eigenvalue weighted by atomic mass is 10.0. The van der Waals surface area contributed by atoms with Crippen LogP contribution in [0, 0.1) is 0 Å². The number of carbonyl (C=O) groups is 2. The van der Waals surface area contributed by atoms with Gasteiger partial charge in [0.2, 0.25) is 11.7 Å². The van der Waals surface area contributed by atoms with Crippen molar-refractivity contribution in [2.24, 2.45) is 0 Å². The summed E-state index contributed by atoms with van der Waals surface area (Å²) in [5.74, 6) is 1.39. The summed E-state index contributed by atoms with van der Waals surface area (Å²) in [6.07, 6.45) is 0. The van der Waals surface area contributed by atoms with Gasteiger partial charge >= 0.3 is 0 Å². The number of amides is 2. The van der Waals surface area contributed by atoms with Crippen molar-refractivity contribution in [1.29, 1.82) is 0 Å². The molecule has 0 radical (unpaired) electrons. The quantitative estimate of drug-likeness (QED) is 0.329. The number of aromatic nitrogens is 1.